The molecule has 7 nitrogen and oxygen atoms in total. The number of hydrogen-bond acceptors (Lipinski definition) is 5. The third-order valence-corrected chi connectivity index (χ3v) is 6.57. The Hall–Kier alpha value is -2.29. The fourth-order valence-electron chi connectivity index (χ4n) is 3.95. The van der Waals surface area contributed by atoms with Gasteiger partial charge in [0.15, 0.2) is 0 Å². The van der Waals surface area contributed by atoms with Crippen molar-refractivity contribution in [1.82, 2.24) is 15.0 Å². The summed E-state index contributed by atoms with van der Waals surface area (Å²) in [5.41, 5.74) is 2.41. The van der Waals surface area contributed by atoms with Gasteiger partial charge in [0.1, 0.15) is 11.9 Å². The van der Waals surface area contributed by atoms with Crippen molar-refractivity contribution in [2.75, 3.05) is 29.6 Å². The molecule has 9 heteroatoms. The summed E-state index contributed by atoms with van der Waals surface area (Å²) in [6.07, 6.45) is 7.30. The highest BCUT2D eigenvalue weighted by Crippen LogP contribution is 2.48. The molecule has 0 radical (unpaired) electrons. The summed E-state index contributed by atoms with van der Waals surface area (Å²) >= 11 is 7.46. The van der Waals surface area contributed by atoms with E-state index < -0.39 is 12.1 Å². The Bertz CT molecular complexity index is 934. The first-order chi connectivity index (χ1) is 15.0. The van der Waals surface area contributed by atoms with Crippen LogP contribution in [0.3, 0.4) is 0 Å². The smallest absolute Gasteiger partial charge is 0.321 e. The van der Waals surface area contributed by atoms with Gasteiger partial charge in [-0.2, -0.15) is 0 Å². The highest BCUT2D eigenvalue weighted by molar-refractivity contribution is 7.96. The van der Waals surface area contributed by atoms with Gasteiger partial charge in [-0.1, -0.05) is 35.7 Å². The normalized spacial score (nSPS) is 19.7. The van der Waals surface area contributed by atoms with Crippen LogP contribution in [0.15, 0.2) is 42.6 Å². The van der Waals surface area contributed by atoms with E-state index in [4.69, 9.17) is 11.6 Å². The van der Waals surface area contributed by atoms with Crippen molar-refractivity contribution in [2.45, 2.75) is 37.1 Å². The predicted octanol–water partition coefficient (Wildman–Crippen LogP) is 3.95. The first kappa shape index (κ1) is 21.9. The third-order valence-electron chi connectivity index (χ3n) is 5.91. The van der Waals surface area contributed by atoms with E-state index in [-0.39, 0.29) is 11.3 Å². The third kappa shape index (κ3) is 5.14. The molecule has 2 aromatic rings. The van der Waals surface area contributed by atoms with Crippen LogP contribution < -0.4 is 20.3 Å². The van der Waals surface area contributed by atoms with Crippen LogP contribution in [0.1, 0.15) is 31.2 Å². The highest BCUT2D eigenvalue weighted by Gasteiger charge is 2.43. The SMILES string of the molecule is CSNCC1(c2ccc(N3CCCC(NC(=O)Nc4ccc(Cl)cn4)C3=O)cc2)CC1. The lowest BCUT2D eigenvalue weighted by Gasteiger charge is -2.33. The molecule has 1 saturated carbocycles. The molecule has 31 heavy (non-hydrogen) atoms. The number of urea groups is 1. The summed E-state index contributed by atoms with van der Waals surface area (Å²) < 4.78 is 3.37. The Kier molecular flexibility index (Phi) is 6.69. The predicted molar refractivity (Wildman–Crippen MR) is 126 cm³/mol. The number of benzene rings is 1. The molecule has 3 amide bonds. The molecule has 164 valence electrons. The number of rotatable bonds is 7. The van der Waals surface area contributed by atoms with Gasteiger partial charge in [-0.15, -0.1) is 0 Å². The van der Waals surface area contributed by atoms with Gasteiger partial charge in [0.25, 0.3) is 0 Å². The van der Waals surface area contributed by atoms with Gasteiger partial charge in [-0.3, -0.25) is 14.8 Å². The van der Waals surface area contributed by atoms with E-state index in [1.54, 1.807) is 29.0 Å². The van der Waals surface area contributed by atoms with Crippen LogP contribution in [0, 0.1) is 0 Å². The quantitative estimate of drug-likeness (QED) is 0.546. The Morgan fingerprint density at radius 3 is 2.68 bits per heavy atom. The zero-order chi connectivity index (χ0) is 21.8. The highest BCUT2D eigenvalue weighted by atomic mass is 35.5. The topological polar surface area (TPSA) is 86.4 Å². The number of carbonyl (C=O) groups excluding carboxylic acids is 2. The van der Waals surface area contributed by atoms with Gasteiger partial charge >= 0.3 is 6.03 Å². The van der Waals surface area contributed by atoms with Crippen molar-refractivity contribution in [2.24, 2.45) is 0 Å². The lowest BCUT2D eigenvalue weighted by molar-refractivity contribution is -0.121. The molecule has 1 saturated heterocycles. The fourth-order valence-corrected chi connectivity index (χ4v) is 4.48. The van der Waals surface area contributed by atoms with Crippen LogP contribution in [-0.4, -0.2) is 42.3 Å². The summed E-state index contributed by atoms with van der Waals surface area (Å²) in [6, 6.07) is 10.5. The van der Waals surface area contributed by atoms with Crippen molar-refractivity contribution in [3.8, 4) is 0 Å². The van der Waals surface area contributed by atoms with E-state index in [1.807, 2.05) is 18.4 Å². The molecule has 0 spiro atoms. The van der Waals surface area contributed by atoms with E-state index in [0.29, 0.717) is 23.8 Å². The van der Waals surface area contributed by atoms with Crippen molar-refractivity contribution in [3.05, 3.63) is 53.2 Å². The first-order valence-corrected chi connectivity index (χ1v) is 12.0. The lowest BCUT2D eigenvalue weighted by Crippen LogP contribution is -2.53. The number of pyridine rings is 1. The van der Waals surface area contributed by atoms with Gasteiger partial charge in [0.2, 0.25) is 5.91 Å². The summed E-state index contributed by atoms with van der Waals surface area (Å²) in [5.74, 6) is 0.283. The summed E-state index contributed by atoms with van der Waals surface area (Å²) in [5, 5.41) is 5.91. The number of nitrogens with one attached hydrogen (secondary N) is 3. The second-order valence-electron chi connectivity index (χ2n) is 8.00. The number of piperidine rings is 1. The lowest BCUT2D eigenvalue weighted by atomic mass is 9.95. The largest absolute Gasteiger partial charge is 0.326 e. The number of amides is 3. The molecule has 0 bridgehead atoms. The minimum absolute atomic E-state index is 0.0941. The van der Waals surface area contributed by atoms with Gasteiger partial charge in [-0.05, 0) is 61.8 Å². The van der Waals surface area contributed by atoms with Crippen molar-refractivity contribution >= 4 is 47.0 Å². The standard InChI is InChI=1S/C22H26ClN5O2S/c1-31-25-14-22(10-11-22)15-4-7-17(8-5-15)28-12-2-3-18(20(28)29)26-21(30)27-19-9-6-16(23)13-24-19/h4-9,13,18,25H,2-3,10-12,14H2,1H3,(H2,24,26,27,30). The van der Waals surface area contributed by atoms with E-state index in [1.165, 1.54) is 24.6 Å². The minimum atomic E-state index is -0.568. The molecule has 1 aliphatic heterocycles. The molecule has 1 unspecified atom stereocenters. The molecule has 1 atom stereocenters. The van der Waals surface area contributed by atoms with Crippen LogP contribution in [0.2, 0.25) is 5.02 Å². The van der Waals surface area contributed by atoms with E-state index in [2.05, 4.69) is 32.5 Å². The van der Waals surface area contributed by atoms with Gasteiger partial charge in [0.05, 0.1) is 5.02 Å². The number of hydrogen-bond donors (Lipinski definition) is 3. The molecular formula is C22H26ClN5O2S. The molecule has 2 fully saturated rings. The van der Waals surface area contributed by atoms with Crippen LogP contribution in [0.5, 0.6) is 0 Å². The molecule has 1 aromatic carbocycles. The van der Waals surface area contributed by atoms with Crippen LogP contribution in [0.4, 0.5) is 16.3 Å². The zero-order valence-electron chi connectivity index (χ0n) is 17.4. The molecule has 2 aliphatic rings. The fraction of sp³-hybridized carbons (Fsp3) is 0.409. The van der Waals surface area contributed by atoms with E-state index in [0.717, 1.165) is 18.7 Å². The second kappa shape index (κ2) is 9.46. The average molecular weight is 460 g/mol. The Morgan fingerprint density at radius 2 is 2.03 bits per heavy atom. The summed E-state index contributed by atoms with van der Waals surface area (Å²) in [4.78, 5) is 31.2. The maximum absolute atomic E-state index is 13.0. The van der Waals surface area contributed by atoms with Gasteiger partial charge in [-0.25, -0.2) is 9.78 Å². The number of halogens is 1. The number of nitrogens with zero attached hydrogens (tertiary/aromatic N) is 2. The van der Waals surface area contributed by atoms with Crippen molar-refractivity contribution < 1.29 is 9.59 Å². The Labute approximate surface area is 191 Å². The van der Waals surface area contributed by atoms with Crippen LogP contribution >= 0.6 is 23.5 Å². The van der Waals surface area contributed by atoms with Crippen LogP contribution in [0.25, 0.3) is 0 Å². The number of aromatic nitrogens is 1. The van der Waals surface area contributed by atoms with E-state index >= 15 is 0 Å². The average Bonchev–Trinajstić information content (AvgIpc) is 3.57. The van der Waals surface area contributed by atoms with Crippen molar-refractivity contribution in [1.29, 1.82) is 0 Å². The van der Waals surface area contributed by atoms with Crippen LogP contribution in [-0.2, 0) is 10.2 Å². The zero-order valence-corrected chi connectivity index (χ0v) is 18.9. The van der Waals surface area contributed by atoms with Crippen molar-refractivity contribution in [3.63, 3.8) is 0 Å². The second-order valence-corrected chi connectivity index (χ2v) is 9.13. The number of carbonyl (C=O) groups is 2. The number of anilines is 2. The molecule has 1 aliphatic carbocycles. The van der Waals surface area contributed by atoms with Gasteiger partial charge in [0, 0.05) is 30.4 Å². The molecule has 4 rings (SSSR count). The Balaban J connectivity index is 1.38. The summed E-state index contributed by atoms with van der Waals surface area (Å²) in [6.45, 7) is 1.61. The molecule has 1 aromatic heterocycles. The molecule has 2 heterocycles. The van der Waals surface area contributed by atoms with E-state index in [9.17, 15) is 9.59 Å². The monoisotopic (exact) mass is 459 g/mol. The minimum Gasteiger partial charge on any atom is -0.326 e. The molecular weight excluding hydrogens is 434 g/mol. The van der Waals surface area contributed by atoms with Gasteiger partial charge < -0.3 is 10.2 Å². The Morgan fingerprint density at radius 1 is 1.26 bits per heavy atom. The molecule has 3 N–H and O–H groups in total. The maximum atomic E-state index is 13.0. The maximum Gasteiger partial charge on any atom is 0.321 e. The first-order valence-electron chi connectivity index (χ1n) is 10.4. The summed E-state index contributed by atoms with van der Waals surface area (Å²) in [7, 11) is 0.